The number of carbonyl (C=O) groups is 1. The molecule has 35 heavy (non-hydrogen) atoms. The molecule has 178 valence electrons. The van der Waals surface area contributed by atoms with Crippen LogP contribution in [0.15, 0.2) is 82.2 Å². The minimum Gasteiger partial charge on any atom is -0.452 e. The van der Waals surface area contributed by atoms with Crippen molar-refractivity contribution < 1.29 is 22.5 Å². The summed E-state index contributed by atoms with van der Waals surface area (Å²) in [6, 6.07) is 20.9. The summed E-state index contributed by atoms with van der Waals surface area (Å²) in [4.78, 5) is 16.9. The molecule has 1 aliphatic rings. The maximum atomic E-state index is 13.3. The molecular formula is C26H23N3O5S. The molecule has 0 fully saturated rings. The Kier molecular flexibility index (Phi) is 6.08. The molecule has 3 aromatic carbocycles. The molecule has 0 saturated carbocycles. The second-order valence-corrected chi connectivity index (χ2v) is 10.2. The molecule has 0 amide bonds. The van der Waals surface area contributed by atoms with E-state index in [0.717, 1.165) is 29.5 Å². The highest BCUT2D eigenvalue weighted by Gasteiger charge is 2.29. The SMILES string of the molecule is Cc1ccc(-c2noc(COC(=O)c3ccc(S(=O)(=O)N4CCCc5ccccc54)cc3)n2)cc1. The van der Waals surface area contributed by atoms with E-state index in [1.165, 1.54) is 28.6 Å². The zero-order chi connectivity index (χ0) is 24.4. The molecule has 0 N–H and O–H groups in total. The second-order valence-electron chi connectivity index (χ2n) is 8.29. The Labute approximate surface area is 203 Å². The predicted octanol–water partition coefficient (Wildman–Crippen LogP) is 4.54. The third kappa shape index (κ3) is 4.67. The van der Waals surface area contributed by atoms with Crippen molar-refractivity contribution in [3.05, 3.63) is 95.4 Å². The smallest absolute Gasteiger partial charge is 0.338 e. The van der Waals surface area contributed by atoms with Gasteiger partial charge in [0.1, 0.15) is 0 Å². The number of sulfonamides is 1. The number of aryl methyl sites for hydroxylation is 2. The van der Waals surface area contributed by atoms with Crippen LogP contribution in [-0.2, 0) is 27.8 Å². The summed E-state index contributed by atoms with van der Waals surface area (Å²) in [7, 11) is -3.75. The van der Waals surface area contributed by atoms with Gasteiger partial charge in [-0.05, 0) is 55.7 Å². The number of esters is 1. The molecule has 0 aliphatic carbocycles. The molecule has 2 heterocycles. The number of carbonyl (C=O) groups excluding carboxylic acids is 1. The lowest BCUT2D eigenvalue weighted by molar-refractivity contribution is 0.0429. The van der Waals surface area contributed by atoms with Crippen LogP contribution in [0.25, 0.3) is 11.4 Å². The normalized spacial score (nSPS) is 13.3. The Hall–Kier alpha value is -3.98. The third-order valence-electron chi connectivity index (χ3n) is 5.85. The summed E-state index contributed by atoms with van der Waals surface area (Å²) in [6.45, 7) is 2.21. The Bertz CT molecular complexity index is 1460. The summed E-state index contributed by atoms with van der Waals surface area (Å²) in [5.74, 6) is -0.0471. The third-order valence-corrected chi connectivity index (χ3v) is 7.68. The fraction of sp³-hybridized carbons (Fsp3) is 0.192. The first kappa shape index (κ1) is 22.8. The highest BCUT2D eigenvalue weighted by Crippen LogP contribution is 2.31. The molecule has 0 bridgehead atoms. The van der Waals surface area contributed by atoms with Gasteiger partial charge in [-0.15, -0.1) is 0 Å². The van der Waals surface area contributed by atoms with Crippen LogP contribution in [-0.4, -0.2) is 31.1 Å². The van der Waals surface area contributed by atoms with Crippen LogP contribution in [0.1, 0.15) is 33.8 Å². The number of para-hydroxylation sites is 1. The Balaban J connectivity index is 1.25. The summed E-state index contributed by atoms with van der Waals surface area (Å²) in [5.41, 5.74) is 3.85. The standard InChI is InChI=1S/C26H23N3O5S/c1-18-8-10-20(11-9-18)25-27-24(34-28-25)17-33-26(30)21-12-14-22(15-13-21)35(31,32)29-16-4-6-19-5-2-3-7-23(19)29/h2-3,5,7-15H,4,6,16-17H2,1H3. The number of aromatic nitrogens is 2. The minimum absolute atomic E-state index is 0.116. The maximum Gasteiger partial charge on any atom is 0.338 e. The molecule has 0 atom stereocenters. The Morgan fingerprint density at radius 3 is 2.54 bits per heavy atom. The highest BCUT2D eigenvalue weighted by atomic mass is 32.2. The highest BCUT2D eigenvalue weighted by molar-refractivity contribution is 7.92. The van der Waals surface area contributed by atoms with Crippen LogP contribution in [0.4, 0.5) is 5.69 Å². The molecule has 5 rings (SSSR count). The first-order valence-corrected chi connectivity index (χ1v) is 12.6. The van der Waals surface area contributed by atoms with Crippen molar-refractivity contribution in [1.82, 2.24) is 10.1 Å². The van der Waals surface area contributed by atoms with Crippen LogP contribution in [0.2, 0.25) is 0 Å². The van der Waals surface area contributed by atoms with E-state index in [2.05, 4.69) is 10.1 Å². The van der Waals surface area contributed by atoms with Gasteiger partial charge < -0.3 is 9.26 Å². The Morgan fingerprint density at radius 1 is 1.03 bits per heavy atom. The lowest BCUT2D eigenvalue weighted by atomic mass is 10.0. The van der Waals surface area contributed by atoms with Crippen LogP contribution >= 0.6 is 0 Å². The first-order chi connectivity index (χ1) is 16.9. The van der Waals surface area contributed by atoms with Crippen LogP contribution in [0.5, 0.6) is 0 Å². The number of ether oxygens (including phenoxy) is 1. The minimum atomic E-state index is -3.75. The van der Waals surface area contributed by atoms with E-state index in [1.54, 1.807) is 0 Å². The zero-order valence-corrected chi connectivity index (χ0v) is 19.9. The van der Waals surface area contributed by atoms with E-state index in [-0.39, 0.29) is 23.0 Å². The van der Waals surface area contributed by atoms with Crippen molar-refractivity contribution in [2.45, 2.75) is 31.3 Å². The molecule has 0 spiro atoms. The number of benzene rings is 3. The Morgan fingerprint density at radius 2 is 1.77 bits per heavy atom. The molecule has 9 heteroatoms. The van der Waals surface area contributed by atoms with Crippen molar-refractivity contribution in [1.29, 1.82) is 0 Å². The molecular weight excluding hydrogens is 466 g/mol. The summed E-state index contributed by atoms with van der Waals surface area (Å²) in [5, 5.41) is 3.92. The van der Waals surface area contributed by atoms with Crippen molar-refractivity contribution in [3.8, 4) is 11.4 Å². The molecule has 0 unspecified atom stereocenters. The van der Waals surface area contributed by atoms with Gasteiger partial charge in [0.2, 0.25) is 5.82 Å². The average Bonchev–Trinajstić information content (AvgIpc) is 3.36. The van der Waals surface area contributed by atoms with Crippen LogP contribution in [0.3, 0.4) is 0 Å². The van der Waals surface area contributed by atoms with E-state index >= 15 is 0 Å². The number of fused-ring (bicyclic) bond motifs is 1. The van der Waals surface area contributed by atoms with Gasteiger partial charge in [0.05, 0.1) is 16.1 Å². The largest absolute Gasteiger partial charge is 0.452 e. The lowest BCUT2D eigenvalue weighted by Crippen LogP contribution is -2.35. The van der Waals surface area contributed by atoms with Crippen molar-refractivity contribution >= 4 is 21.7 Å². The van der Waals surface area contributed by atoms with Crippen molar-refractivity contribution in [2.24, 2.45) is 0 Å². The number of rotatable bonds is 6. The fourth-order valence-electron chi connectivity index (χ4n) is 3.98. The second kappa shape index (κ2) is 9.34. The summed E-state index contributed by atoms with van der Waals surface area (Å²) in [6.07, 6.45) is 1.60. The molecule has 4 aromatic rings. The van der Waals surface area contributed by atoms with Gasteiger partial charge in [0.15, 0.2) is 6.61 Å². The van der Waals surface area contributed by atoms with Crippen LogP contribution < -0.4 is 4.31 Å². The van der Waals surface area contributed by atoms with E-state index in [0.29, 0.717) is 18.1 Å². The quantitative estimate of drug-likeness (QED) is 0.366. The van der Waals surface area contributed by atoms with Gasteiger partial charge in [0.25, 0.3) is 15.9 Å². The van der Waals surface area contributed by atoms with Crippen molar-refractivity contribution in [2.75, 3.05) is 10.8 Å². The van der Waals surface area contributed by atoms with E-state index in [9.17, 15) is 13.2 Å². The van der Waals surface area contributed by atoms with E-state index in [4.69, 9.17) is 9.26 Å². The monoisotopic (exact) mass is 489 g/mol. The van der Waals surface area contributed by atoms with Gasteiger partial charge in [-0.2, -0.15) is 4.98 Å². The number of anilines is 1. The summed E-state index contributed by atoms with van der Waals surface area (Å²) >= 11 is 0. The van der Waals surface area contributed by atoms with Gasteiger partial charge >= 0.3 is 5.97 Å². The van der Waals surface area contributed by atoms with Crippen molar-refractivity contribution in [3.63, 3.8) is 0 Å². The van der Waals surface area contributed by atoms with E-state index < -0.39 is 16.0 Å². The predicted molar refractivity (Wildman–Crippen MR) is 129 cm³/mol. The van der Waals surface area contributed by atoms with Crippen LogP contribution in [0, 0.1) is 6.92 Å². The molecule has 0 saturated heterocycles. The first-order valence-electron chi connectivity index (χ1n) is 11.2. The molecule has 1 aliphatic heterocycles. The summed E-state index contributed by atoms with van der Waals surface area (Å²) < 4.78 is 38.4. The topological polar surface area (TPSA) is 103 Å². The average molecular weight is 490 g/mol. The molecule has 1 aromatic heterocycles. The van der Waals surface area contributed by atoms with Gasteiger partial charge in [0, 0.05) is 12.1 Å². The lowest BCUT2D eigenvalue weighted by Gasteiger charge is -2.30. The van der Waals surface area contributed by atoms with Gasteiger partial charge in [-0.25, -0.2) is 13.2 Å². The number of nitrogens with zero attached hydrogens (tertiary/aromatic N) is 3. The fourth-order valence-corrected chi connectivity index (χ4v) is 5.52. The molecule has 0 radical (unpaired) electrons. The zero-order valence-electron chi connectivity index (χ0n) is 19.0. The number of hydrogen-bond donors (Lipinski definition) is 0. The molecule has 8 nitrogen and oxygen atoms in total. The number of hydrogen-bond acceptors (Lipinski definition) is 7. The van der Waals surface area contributed by atoms with E-state index in [1.807, 2.05) is 55.5 Å². The van der Waals surface area contributed by atoms with Gasteiger partial charge in [-0.3, -0.25) is 4.31 Å². The maximum absolute atomic E-state index is 13.3. The van der Waals surface area contributed by atoms with Gasteiger partial charge in [-0.1, -0.05) is 53.2 Å².